The fourth-order valence-electron chi connectivity index (χ4n) is 3.54. The summed E-state index contributed by atoms with van der Waals surface area (Å²) in [6.07, 6.45) is 7.09. The van der Waals surface area contributed by atoms with E-state index in [0.717, 1.165) is 28.1 Å². The first kappa shape index (κ1) is 13.6. The Bertz CT molecular complexity index is 809. The molecule has 2 heterocycles. The molecule has 1 aromatic carbocycles. The van der Waals surface area contributed by atoms with Crippen molar-refractivity contribution < 1.29 is 5.11 Å². The molecule has 0 amide bonds. The highest BCUT2D eigenvalue weighted by Crippen LogP contribution is 2.34. The standard InChI is InChI=1S/C18H21N3O/c1-12-6-7-15-16(8-12)20-18(19-15)17-9-13(11-22)10-21(17)14-4-2-3-5-14/h6-10,14,22H,2-5,11H2,1H3,(H,19,20). The summed E-state index contributed by atoms with van der Waals surface area (Å²) in [5.41, 5.74) is 5.33. The molecule has 2 aromatic heterocycles. The Kier molecular flexibility index (Phi) is 3.26. The van der Waals surface area contributed by atoms with E-state index in [0.29, 0.717) is 6.04 Å². The van der Waals surface area contributed by atoms with Crippen molar-refractivity contribution in [2.45, 2.75) is 45.3 Å². The first-order valence-corrected chi connectivity index (χ1v) is 8.03. The number of aromatic nitrogens is 3. The minimum Gasteiger partial charge on any atom is -0.392 e. The van der Waals surface area contributed by atoms with E-state index in [4.69, 9.17) is 4.98 Å². The first-order chi connectivity index (χ1) is 10.7. The molecule has 0 atom stereocenters. The number of imidazole rings is 1. The summed E-state index contributed by atoms with van der Waals surface area (Å²) in [4.78, 5) is 8.19. The van der Waals surface area contributed by atoms with Gasteiger partial charge in [0.15, 0.2) is 5.82 Å². The molecule has 1 saturated carbocycles. The molecule has 1 fully saturated rings. The Morgan fingerprint density at radius 3 is 2.86 bits per heavy atom. The molecule has 0 radical (unpaired) electrons. The largest absolute Gasteiger partial charge is 0.392 e. The minimum atomic E-state index is 0.0755. The van der Waals surface area contributed by atoms with Crippen molar-refractivity contribution in [2.75, 3.05) is 0 Å². The zero-order valence-electron chi connectivity index (χ0n) is 12.8. The van der Waals surface area contributed by atoms with Crippen LogP contribution in [0.1, 0.15) is 42.9 Å². The van der Waals surface area contributed by atoms with Gasteiger partial charge >= 0.3 is 0 Å². The Morgan fingerprint density at radius 2 is 2.09 bits per heavy atom. The van der Waals surface area contributed by atoms with Crippen LogP contribution in [0, 0.1) is 6.92 Å². The lowest BCUT2D eigenvalue weighted by molar-refractivity contribution is 0.281. The van der Waals surface area contributed by atoms with Crippen molar-refractivity contribution in [1.82, 2.24) is 14.5 Å². The predicted molar refractivity (Wildman–Crippen MR) is 87.7 cm³/mol. The molecule has 22 heavy (non-hydrogen) atoms. The second-order valence-electron chi connectivity index (χ2n) is 6.34. The lowest BCUT2D eigenvalue weighted by Gasteiger charge is -2.14. The molecule has 1 aliphatic carbocycles. The van der Waals surface area contributed by atoms with Gasteiger partial charge < -0.3 is 14.7 Å². The number of nitrogens with zero attached hydrogens (tertiary/aromatic N) is 2. The molecule has 1 aliphatic rings. The minimum absolute atomic E-state index is 0.0755. The number of hydrogen-bond donors (Lipinski definition) is 2. The van der Waals surface area contributed by atoms with Gasteiger partial charge in [-0.3, -0.25) is 0 Å². The van der Waals surface area contributed by atoms with Crippen LogP contribution in [0.2, 0.25) is 0 Å². The third kappa shape index (κ3) is 2.24. The van der Waals surface area contributed by atoms with Crippen LogP contribution in [0.15, 0.2) is 30.5 Å². The third-order valence-corrected chi connectivity index (χ3v) is 4.69. The number of H-pyrrole nitrogens is 1. The highest BCUT2D eigenvalue weighted by molar-refractivity contribution is 5.79. The molecule has 4 heteroatoms. The summed E-state index contributed by atoms with van der Waals surface area (Å²) in [5.74, 6) is 0.896. The van der Waals surface area contributed by atoms with Gasteiger partial charge in [-0.15, -0.1) is 0 Å². The number of hydrogen-bond acceptors (Lipinski definition) is 2. The second kappa shape index (κ2) is 5.29. The maximum absolute atomic E-state index is 9.50. The van der Waals surface area contributed by atoms with Crippen LogP contribution in [-0.4, -0.2) is 19.6 Å². The van der Waals surface area contributed by atoms with Crippen LogP contribution < -0.4 is 0 Å². The van der Waals surface area contributed by atoms with E-state index in [1.54, 1.807) is 0 Å². The van der Waals surface area contributed by atoms with Gasteiger partial charge in [-0.05, 0) is 49.1 Å². The zero-order chi connectivity index (χ0) is 15.1. The van der Waals surface area contributed by atoms with Gasteiger partial charge in [0, 0.05) is 12.2 Å². The van der Waals surface area contributed by atoms with Crippen molar-refractivity contribution in [3.05, 3.63) is 41.6 Å². The average Bonchev–Trinajstić information content (AvgIpc) is 3.24. The molecular formula is C18H21N3O. The third-order valence-electron chi connectivity index (χ3n) is 4.69. The van der Waals surface area contributed by atoms with Gasteiger partial charge in [0.1, 0.15) is 0 Å². The SMILES string of the molecule is Cc1ccc2nc(-c3cc(CO)cn3C3CCCC3)[nH]c2c1. The number of fused-ring (bicyclic) bond motifs is 1. The Hall–Kier alpha value is -2.07. The lowest BCUT2D eigenvalue weighted by Crippen LogP contribution is -2.05. The van der Waals surface area contributed by atoms with Gasteiger partial charge in [0.2, 0.25) is 0 Å². The molecule has 4 nitrogen and oxygen atoms in total. The highest BCUT2D eigenvalue weighted by Gasteiger charge is 2.21. The Balaban J connectivity index is 1.83. The number of benzene rings is 1. The number of aliphatic hydroxyl groups is 1. The van der Waals surface area contributed by atoms with Crippen molar-refractivity contribution >= 4 is 11.0 Å². The number of rotatable bonds is 3. The van der Waals surface area contributed by atoms with Gasteiger partial charge in [0.05, 0.1) is 23.3 Å². The van der Waals surface area contributed by atoms with E-state index in [1.807, 2.05) is 0 Å². The first-order valence-electron chi connectivity index (χ1n) is 8.03. The van der Waals surface area contributed by atoms with Crippen LogP contribution in [0.5, 0.6) is 0 Å². The molecular weight excluding hydrogens is 274 g/mol. The van der Waals surface area contributed by atoms with E-state index in [1.165, 1.54) is 31.2 Å². The predicted octanol–water partition coefficient (Wildman–Crippen LogP) is 3.95. The molecule has 0 unspecified atom stereocenters. The quantitative estimate of drug-likeness (QED) is 0.768. The molecule has 4 rings (SSSR count). The van der Waals surface area contributed by atoms with E-state index in [-0.39, 0.29) is 6.61 Å². The number of aromatic amines is 1. The van der Waals surface area contributed by atoms with Crippen molar-refractivity contribution in [3.63, 3.8) is 0 Å². The van der Waals surface area contributed by atoms with Crippen molar-refractivity contribution in [2.24, 2.45) is 0 Å². The average molecular weight is 295 g/mol. The summed E-state index contributed by atoms with van der Waals surface area (Å²) < 4.78 is 2.31. The van der Waals surface area contributed by atoms with Gasteiger partial charge in [0.25, 0.3) is 0 Å². The molecule has 0 spiro atoms. The molecule has 114 valence electrons. The summed E-state index contributed by atoms with van der Waals surface area (Å²) >= 11 is 0. The van der Waals surface area contributed by atoms with E-state index in [9.17, 15) is 5.11 Å². The summed E-state index contributed by atoms with van der Waals surface area (Å²) in [7, 11) is 0. The second-order valence-corrected chi connectivity index (χ2v) is 6.34. The molecule has 3 aromatic rings. The van der Waals surface area contributed by atoms with Crippen molar-refractivity contribution in [3.8, 4) is 11.5 Å². The summed E-state index contributed by atoms with van der Waals surface area (Å²) in [5, 5.41) is 9.50. The number of aryl methyl sites for hydroxylation is 1. The van der Waals surface area contributed by atoms with E-state index in [2.05, 4.69) is 46.9 Å². The topological polar surface area (TPSA) is 53.8 Å². The van der Waals surface area contributed by atoms with E-state index < -0.39 is 0 Å². The fraction of sp³-hybridized carbons (Fsp3) is 0.389. The van der Waals surface area contributed by atoms with Crippen LogP contribution in [-0.2, 0) is 6.61 Å². The zero-order valence-corrected chi connectivity index (χ0v) is 12.8. The normalized spacial score (nSPS) is 15.9. The van der Waals surface area contributed by atoms with Crippen LogP contribution in [0.25, 0.3) is 22.6 Å². The monoisotopic (exact) mass is 295 g/mol. The molecule has 0 aliphatic heterocycles. The van der Waals surface area contributed by atoms with Gasteiger partial charge in [-0.25, -0.2) is 4.98 Å². The molecule has 2 N–H and O–H groups in total. The van der Waals surface area contributed by atoms with Gasteiger partial charge in [-0.2, -0.15) is 0 Å². The lowest BCUT2D eigenvalue weighted by atomic mass is 10.2. The van der Waals surface area contributed by atoms with Crippen LogP contribution in [0.4, 0.5) is 0 Å². The number of nitrogens with one attached hydrogen (secondary N) is 1. The maximum Gasteiger partial charge on any atom is 0.155 e. The maximum atomic E-state index is 9.50. The smallest absolute Gasteiger partial charge is 0.155 e. The van der Waals surface area contributed by atoms with Gasteiger partial charge in [-0.1, -0.05) is 18.9 Å². The Morgan fingerprint density at radius 1 is 1.27 bits per heavy atom. The molecule has 0 bridgehead atoms. The van der Waals surface area contributed by atoms with Crippen LogP contribution >= 0.6 is 0 Å². The summed E-state index contributed by atoms with van der Waals surface area (Å²) in [6.45, 7) is 2.16. The van der Waals surface area contributed by atoms with Crippen molar-refractivity contribution in [1.29, 1.82) is 0 Å². The van der Waals surface area contributed by atoms with Crippen LogP contribution in [0.3, 0.4) is 0 Å². The highest BCUT2D eigenvalue weighted by atomic mass is 16.3. The number of aliphatic hydroxyl groups excluding tert-OH is 1. The molecule has 0 saturated heterocycles. The summed E-state index contributed by atoms with van der Waals surface area (Å²) in [6, 6.07) is 8.86. The Labute approximate surface area is 129 Å². The van der Waals surface area contributed by atoms with E-state index >= 15 is 0 Å². The fourth-order valence-corrected chi connectivity index (χ4v) is 3.54.